The van der Waals surface area contributed by atoms with Crippen LogP contribution in [0, 0.1) is 11.3 Å². The minimum Gasteiger partial charge on any atom is -0.588 e. The van der Waals surface area contributed by atoms with Crippen molar-refractivity contribution in [3.8, 4) is 6.07 Å². The van der Waals surface area contributed by atoms with Gasteiger partial charge in [0.25, 0.3) is 5.91 Å². The molecule has 7 nitrogen and oxygen atoms in total. The molecule has 36 heavy (non-hydrogen) atoms. The van der Waals surface area contributed by atoms with Crippen molar-refractivity contribution in [3.05, 3.63) is 120 Å². The van der Waals surface area contributed by atoms with Gasteiger partial charge in [-0.1, -0.05) is 42.5 Å². The second kappa shape index (κ2) is 11.7. The highest BCUT2D eigenvalue weighted by atomic mass is 32.2. The molecule has 8 heteroatoms. The van der Waals surface area contributed by atoms with Crippen LogP contribution in [0.3, 0.4) is 0 Å². The van der Waals surface area contributed by atoms with Gasteiger partial charge < -0.3 is 15.2 Å². The SMILES string of the molecule is N#Cc1ccccc1CC(=O)Nc1cccc(C(=O)Nc2ccc([S+]([O-])Nc3ccccc3)cc2)c1. The summed E-state index contributed by atoms with van der Waals surface area (Å²) in [6.45, 7) is 0. The molecular formula is C28H22N4O3S. The summed E-state index contributed by atoms with van der Waals surface area (Å²) in [6.07, 6.45) is 0.0486. The average Bonchev–Trinajstić information content (AvgIpc) is 2.90. The Morgan fingerprint density at radius 2 is 1.47 bits per heavy atom. The third-order valence-electron chi connectivity index (χ3n) is 5.21. The molecule has 0 saturated heterocycles. The standard InChI is InChI=1S/C28H22N4O3S/c29-19-22-8-5-4-7-20(22)18-27(33)30-25-12-6-9-21(17-25)28(34)31-23-13-15-26(16-14-23)36(35)32-24-10-2-1-3-11-24/h1-17,32H,18H2,(H,30,33)(H,31,34). The Bertz CT molecular complexity index is 1400. The zero-order chi connectivity index (χ0) is 25.3. The van der Waals surface area contributed by atoms with E-state index in [2.05, 4.69) is 21.4 Å². The van der Waals surface area contributed by atoms with Crippen LogP contribution in [-0.2, 0) is 22.6 Å². The second-order valence-electron chi connectivity index (χ2n) is 7.79. The van der Waals surface area contributed by atoms with Gasteiger partial charge in [-0.3, -0.25) is 9.59 Å². The molecule has 0 spiro atoms. The highest BCUT2D eigenvalue weighted by Gasteiger charge is 2.13. The molecule has 0 aliphatic carbocycles. The monoisotopic (exact) mass is 494 g/mol. The Morgan fingerprint density at radius 3 is 2.22 bits per heavy atom. The number of nitriles is 1. The first-order valence-electron chi connectivity index (χ1n) is 11.0. The van der Waals surface area contributed by atoms with Gasteiger partial charge in [0.2, 0.25) is 5.91 Å². The number of rotatable bonds is 8. The summed E-state index contributed by atoms with van der Waals surface area (Å²) < 4.78 is 15.4. The van der Waals surface area contributed by atoms with Crippen LogP contribution in [0.1, 0.15) is 21.5 Å². The topological polar surface area (TPSA) is 117 Å². The molecule has 0 aromatic heterocycles. The maximum Gasteiger partial charge on any atom is 0.255 e. The fourth-order valence-electron chi connectivity index (χ4n) is 3.44. The van der Waals surface area contributed by atoms with Gasteiger partial charge in [0.1, 0.15) is 11.4 Å². The molecule has 2 amide bonds. The van der Waals surface area contributed by atoms with Crippen molar-refractivity contribution < 1.29 is 14.1 Å². The van der Waals surface area contributed by atoms with Gasteiger partial charge >= 0.3 is 0 Å². The van der Waals surface area contributed by atoms with Gasteiger partial charge in [0.05, 0.1) is 23.7 Å². The zero-order valence-corrected chi connectivity index (χ0v) is 19.9. The lowest BCUT2D eigenvalue weighted by molar-refractivity contribution is -0.115. The minimum atomic E-state index is -1.44. The predicted molar refractivity (Wildman–Crippen MR) is 141 cm³/mol. The molecule has 4 aromatic carbocycles. The average molecular weight is 495 g/mol. The maximum absolute atomic E-state index is 12.8. The molecular weight excluding hydrogens is 472 g/mol. The molecule has 1 unspecified atom stereocenters. The van der Waals surface area contributed by atoms with Crippen molar-refractivity contribution in [2.24, 2.45) is 0 Å². The number of nitrogens with zero attached hydrogens (tertiary/aromatic N) is 1. The van der Waals surface area contributed by atoms with Gasteiger partial charge in [0.15, 0.2) is 4.90 Å². The van der Waals surface area contributed by atoms with Crippen LogP contribution in [0.2, 0.25) is 0 Å². The first kappa shape index (κ1) is 24.5. The summed E-state index contributed by atoms with van der Waals surface area (Å²) in [6, 6.07) is 31.5. The lowest BCUT2D eigenvalue weighted by atomic mass is 10.1. The number of amides is 2. The van der Waals surface area contributed by atoms with Crippen LogP contribution >= 0.6 is 0 Å². The molecule has 0 bridgehead atoms. The van der Waals surface area contributed by atoms with Crippen molar-refractivity contribution in [1.82, 2.24) is 0 Å². The van der Waals surface area contributed by atoms with Crippen molar-refractivity contribution in [3.63, 3.8) is 0 Å². The van der Waals surface area contributed by atoms with Crippen molar-refractivity contribution in [1.29, 1.82) is 5.26 Å². The van der Waals surface area contributed by atoms with Crippen LogP contribution < -0.4 is 15.4 Å². The van der Waals surface area contributed by atoms with Gasteiger partial charge in [0, 0.05) is 16.9 Å². The first-order chi connectivity index (χ1) is 17.5. The van der Waals surface area contributed by atoms with Crippen molar-refractivity contribution in [2.75, 3.05) is 15.4 Å². The molecule has 0 fully saturated rings. The van der Waals surface area contributed by atoms with E-state index in [0.717, 1.165) is 5.69 Å². The van der Waals surface area contributed by atoms with Gasteiger partial charge in [-0.15, -0.1) is 0 Å². The van der Waals surface area contributed by atoms with E-state index >= 15 is 0 Å². The lowest BCUT2D eigenvalue weighted by Crippen LogP contribution is -2.16. The van der Waals surface area contributed by atoms with Crippen LogP contribution in [0.5, 0.6) is 0 Å². The predicted octanol–water partition coefficient (Wildman–Crippen LogP) is 5.13. The fraction of sp³-hybridized carbons (Fsp3) is 0.0357. The number of carbonyl (C=O) groups is 2. The highest BCUT2D eigenvalue weighted by molar-refractivity contribution is 7.92. The number of anilines is 3. The molecule has 0 aliphatic heterocycles. The highest BCUT2D eigenvalue weighted by Crippen LogP contribution is 2.19. The van der Waals surface area contributed by atoms with Gasteiger partial charge in [-0.25, -0.2) is 4.72 Å². The molecule has 4 rings (SSSR count). The first-order valence-corrected chi connectivity index (χ1v) is 12.2. The molecule has 0 radical (unpaired) electrons. The second-order valence-corrected chi connectivity index (χ2v) is 9.00. The summed E-state index contributed by atoms with van der Waals surface area (Å²) >= 11 is -1.44. The Morgan fingerprint density at radius 1 is 0.778 bits per heavy atom. The molecule has 4 aromatic rings. The molecule has 0 heterocycles. The van der Waals surface area contributed by atoms with Crippen LogP contribution in [0.25, 0.3) is 0 Å². The van der Waals surface area contributed by atoms with E-state index < -0.39 is 11.4 Å². The number of hydrogen-bond acceptors (Lipinski definition) is 5. The Balaban J connectivity index is 1.36. The van der Waals surface area contributed by atoms with E-state index in [9.17, 15) is 19.4 Å². The van der Waals surface area contributed by atoms with Gasteiger partial charge in [-0.2, -0.15) is 5.26 Å². The van der Waals surface area contributed by atoms with E-state index in [-0.39, 0.29) is 18.2 Å². The summed E-state index contributed by atoms with van der Waals surface area (Å²) in [7, 11) is 0. The Hall–Kier alpha value is -4.58. The summed E-state index contributed by atoms with van der Waals surface area (Å²) in [5.41, 5.74) is 3.21. The molecule has 0 aliphatic rings. The number of nitrogens with one attached hydrogen (secondary N) is 3. The fourth-order valence-corrected chi connectivity index (χ4v) is 4.29. The number of para-hydroxylation sites is 1. The molecule has 3 N–H and O–H groups in total. The lowest BCUT2D eigenvalue weighted by Gasteiger charge is -2.12. The van der Waals surface area contributed by atoms with Crippen molar-refractivity contribution in [2.45, 2.75) is 11.3 Å². The molecule has 178 valence electrons. The van der Waals surface area contributed by atoms with E-state index in [1.807, 2.05) is 30.3 Å². The maximum atomic E-state index is 12.8. The third-order valence-corrected chi connectivity index (χ3v) is 6.33. The van der Waals surface area contributed by atoms with E-state index in [0.29, 0.717) is 33.0 Å². The zero-order valence-electron chi connectivity index (χ0n) is 19.1. The van der Waals surface area contributed by atoms with Crippen LogP contribution in [0.15, 0.2) is 108 Å². The Kier molecular flexibility index (Phi) is 7.98. The minimum absolute atomic E-state index is 0.0486. The quantitative estimate of drug-likeness (QED) is 0.294. The van der Waals surface area contributed by atoms with Crippen molar-refractivity contribution >= 4 is 40.2 Å². The third kappa shape index (κ3) is 6.51. The number of carbonyl (C=O) groups excluding carboxylic acids is 2. The largest absolute Gasteiger partial charge is 0.588 e. The Labute approximate surface area is 212 Å². The summed E-state index contributed by atoms with van der Waals surface area (Å²) in [5, 5.41) is 14.8. The molecule has 1 atom stereocenters. The van der Waals surface area contributed by atoms with Crippen LogP contribution in [0.4, 0.5) is 17.1 Å². The van der Waals surface area contributed by atoms with Crippen LogP contribution in [-0.4, -0.2) is 16.4 Å². The summed E-state index contributed by atoms with van der Waals surface area (Å²) in [4.78, 5) is 25.8. The van der Waals surface area contributed by atoms with E-state index in [1.165, 1.54) is 0 Å². The van der Waals surface area contributed by atoms with Gasteiger partial charge in [-0.05, 0) is 66.2 Å². The van der Waals surface area contributed by atoms with E-state index in [1.54, 1.807) is 72.8 Å². The number of hydrogen-bond donors (Lipinski definition) is 3. The van der Waals surface area contributed by atoms with E-state index in [4.69, 9.17) is 0 Å². The molecule has 0 saturated carbocycles. The summed E-state index contributed by atoms with van der Waals surface area (Å²) in [5.74, 6) is -0.639. The normalized spacial score (nSPS) is 11.1. The smallest absolute Gasteiger partial charge is 0.255 e. The number of benzene rings is 4.